The first kappa shape index (κ1) is 14.2. The lowest BCUT2D eigenvalue weighted by Gasteiger charge is -2.02. The first-order valence-electron chi connectivity index (χ1n) is 4.48. The highest BCUT2D eigenvalue weighted by atomic mass is 16.5. The number of hydroxylamine groups is 1. The summed E-state index contributed by atoms with van der Waals surface area (Å²) in [7, 11) is 2.48. The number of carbonyl (C=O) groups is 2. The van der Waals surface area contributed by atoms with Crippen molar-refractivity contribution in [1.29, 1.82) is 0 Å². The summed E-state index contributed by atoms with van der Waals surface area (Å²) in [4.78, 5) is 22.1. The van der Waals surface area contributed by atoms with Gasteiger partial charge in [0, 0.05) is 5.70 Å². The molecule has 0 aliphatic heterocycles. The summed E-state index contributed by atoms with van der Waals surface area (Å²) >= 11 is 0. The van der Waals surface area contributed by atoms with Gasteiger partial charge < -0.3 is 9.47 Å². The molecular weight excluding hydrogens is 214 g/mol. The Kier molecular flexibility index (Phi) is 6.62. The maximum Gasteiger partial charge on any atom is 0.337 e. The number of esters is 2. The first-order valence-corrected chi connectivity index (χ1v) is 4.48. The molecule has 16 heavy (non-hydrogen) atoms. The number of ether oxygens (including phenoxy) is 2. The molecule has 0 heterocycles. The molecule has 0 aliphatic rings. The highest BCUT2D eigenvalue weighted by Gasteiger charge is 2.08. The number of rotatable bonds is 5. The molecular formula is C10H15NO5. The van der Waals surface area contributed by atoms with Gasteiger partial charge in [0.15, 0.2) is 0 Å². The lowest BCUT2D eigenvalue weighted by molar-refractivity contribution is -0.139. The van der Waals surface area contributed by atoms with Crippen LogP contribution in [0.3, 0.4) is 0 Å². The van der Waals surface area contributed by atoms with Gasteiger partial charge in [0.2, 0.25) is 0 Å². The van der Waals surface area contributed by atoms with Crippen molar-refractivity contribution >= 4 is 11.9 Å². The number of hydrogen-bond acceptors (Lipinski definition) is 6. The van der Waals surface area contributed by atoms with E-state index in [-0.39, 0.29) is 12.0 Å². The second-order valence-corrected chi connectivity index (χ2v) is 2.87. The predicted molar refractivity (Wildman–Crippen MR) is 55.4 cm³/mol. The maximum atomic E-state index is 11.3. The van der Waals surface area contributed by atoms with E-state index < -0.39 is 11.9 Å². The third-order valence-corrected chi connectivity index (χ3v) is 1.69. The Bertz CT molecular complexity index is 319. The normalized spacial score (nSPS) is 12.0. The summed E-state index contributed by atoms with van der Waals surface area (Å²) in [6, 6.07) is 0. The number of carbonyl (C=O) groups excluding carboxylic acids is 2. The number of nitrogens with one attached hydrogen (secondary N) is 1. The fourth-order valence-corrected chi connectivity index (χ4v) is 0.861. The molecule has 0 atom stereocenters. The van der Waals surface area contributed by atoms with E-state index >= 15 is 0 Å². The van der Waals surface area contributed by atoms with Crippen molar-refractivity contribution < 1.29 is 24.3 Å². The van der Waals surface area contributed by atoms with E-state index in [4.69, 9.17) is 5.21 Å². The quantitative estimate of drug-likeness (QED) is 0.309. The molecule has 0 unspecified atom stereocenters. The van der Waals surface area contributed by atoms with Gasteiger partial charge >= 0.3 is 11.9 Å². The zero-order valence-electron chi connectivity index (χ0n) is 9.44. The molecule has 6 nitrogen and oxygen atoms in total. The van der Waals surface area contributed by atoms with E-state index in [1.165, 1.54) is 26.4 Å². The molecule has 0 aromatic heterocycles. The molecule has 0 saturated heterocycles. The van der Waals surface area contributed by atoms with Crippen LogP contribution in [0.2, 0.25) is 0 Å². The fraction of sp³-hybridized carbons (Fsp3) is 0.400. The van der Waals surface area contributed by atoms with Crippen LogP contribution in [0.25, 0.3) is 0 Å². The van der Waals surface area contributed by atoms with E-state index in [0.29, 0.717) is 5.70 Å². The molecule has 0 bridgehead atoms. The monoisotopic (exact) mass is 229 g/mol. The molecule has 0 rings (SSSR count). The van der Waals surface area contributed by atoms with Crippen molar-refractivity contribution in [1.82, 2.24) is 5.48 Å². The van der Waals surface area contributed by atoms with Gasteiger partial charge in [0.25, 0.3) is 0 Å². The van der Waals surface area contributed by atoms with Crippen molar-refractivity contribution in [2.75, 3.05) is 14.2 Å². The highest BCUT2D eigenvalue weighted by molar-refractivity contribution is 5.92. The zero-order valence-corrected chi connectivity index (χ0v) is 9.44. The number of methoxy groups -OCH3 is 2. The standard InChI is InChI=1S/C10H15NO5/c1-7(11-14)6-8(10(13)16-3)4-5-9(12)15-2/h4,6,11,14H,5H2,1-3H3/b7-6-,8-4+. The fourth-order valence-electron chi connectivity index (χ4n) is 0.861. The minimum absolute atomic E-state index is 0.0455. The third-order valence-electron chi connectivity index (χ3n) is 1.69. The van der Waals surface area contributed by atoms with Crippen molar-refractivity contribution in [3.05, 3.63) is 23.4 Å². The van der Waals surface area contributed by atoms with Crippen molar-refractivity contribution in [2.45, 2.75) is 13.3 Å². The summed E-state index contributed by atoms with van der Waals surface area (Å²) in [5.74, 6) is -1.07. The van der Waals surface area contributed by atoms with Crippen molar-refractivity contribution in [3.8, 4) is 0 Å². The zero-order chi connectivity index (χ0) is 12.6. The molecule has 90 valence electrons. The molecule has 6 heteroatoms. The van der Waals surface area contributed by atoms with Gasteiger partial charge in [-0.05, 0) is 13.0 Å². The van der Waals surface area contributed by atoms with Gasteiger partial charge in [-0.1, -0.05) is 6.08 Å². The summed E-state index contributed by atoms with van der Waals surface area (Å²) in [6.07, 6.45) is 2.67. The Balaban J connectivity index is 4.80. The lowest BCUT2D eigenvalue weighted by Crippen LogP contribution is -2.09. The SMILES string of the molecule is COC(=O)C/C=C(\C=C(\C)NO)C(=O)OC. The van der Waals surface area contributed by atoms with Crippen LogP contribution in [-0.4, -0.2) is 31.4 Å². The van der Waals surface area contributed by atoms with E-state index in [1.807, 2.05) is 5.48 Å². The summed E-state index contributed by atoms with van der Waals surface area (Å²) < 4.78 is 8.93. The van der Waals surface area contributed by atoms with Crippen LogP contribution in [0.5, 0.6) is 0 Å². The maximum absolute atomic E-state index is 11.3. The molecule has 0 fully saturated rings. The first-order chi connectivity index (χ1) is 7.54. The van der Waals surface area contributed by atoms with Gasteiger partial charge in [-0.3, -0.25) is 15.5 Å². The molecule has 0 aromatic carbocycles. The van der Waals surface area contributed by atoms with E-state index in [1.54, 1.807) is 6.92 Å². The van der Waals surface area contributed by atoms with Gasteiger partial charge in [-0.2, -0.15) is 0 Å². The Hall–Kier alpha value is -1.82. The number of hydrogen-bond donors (Lipinski definition) is 2. The van der Waals surface area contributed by atoms with Crippen LogP contribution in [0.15, 0.2) is 23.4 Å². The van der Waals surface area contributed by atoms with E-state index in [2.05, 4.69) is 9.47 Å². The minimum Gasteiger partial charge on any atom is -0.469 e. The second-order valence-electron chi connectivity index (χ2n) is 2.87. The Morgan fingerprint density at radius 2 is 1.94 bits per heavy atom. The Morgan fingerprint density at radius 1 is 1.31 bits per heavy atom. The smallest absolute Gasteiger partial charge is 0.337 e. The average molecular weight is 229 g/mol. The van der Waals surface area contributed by atoms with Gasteiger partial charge in [0.1, 0.15) is 0 Å². The average Bonchev–Trinajstić information content (AvgIpc) is 2.32. The van der Waals surface area contributed by atoms with Gasteiger partial charge in [0.05, 0.1) is 26.2 Å². The molecule has 0 spiro atoms. The van der Waals surface area contributed by atoms with Crippen LogP contribution >= 0.6 is 0 Å². The minimum atomic E-state index is -0.599. The topological polar surface area (TPSA) is 84.9 Å². The molecule has 0 amide bonds. The van der Waals surface area contributed by atoms with E-state index in [0.717, 1.165) is 0 Å². The summed E-state index contributed by atoms with van der Waals surface area (Å²) in [5, 5.41) is 8.57. The Morgan fingerprint density at radius 3 is 2.38 bits per heavy atom. The van der Waals surface area contributed by atoms with Crippen LogP contribution in [0.1, 0.15) is 13.3 Å². The molecule has 0 saturated carbocycles. The van der Waals surface area contributed by atoms with Crippen LogP contribution in [-0.2, 0) is 19.1 Å². The van der Waals surface area contributed by atoms with Gasteiger partial charge in [-0.25, -0.2) is 4.79 Å². The van der Waals surface area contributed by atoms with E-state index in [9.17, 15) is 9.59 Å². The summed E-state index contributed by atoms with van der Waals surface area (Å²) in [5.41, 5.74) is 2.38. The van der Waals surface area contributed by atoms with Crippen molar-refractivity contribution in [3.63, 3.8) is 0 Å². The van der Waals surface area contributed by atoms with Crippen LogP contribution in [0, 0.1) is 0 Å². The molecule has 2 N–H and O–H groups in total. The third kappa shape index (κ3) is 5.16. The molecule has 0 aromatic rings. The van der Waals surface area contributed by atoms with Crippen LogP contribution in [0.4, 0.5) is 0 Å². The second kappa shape index (κ2) is 7.47. The van der Waals surface area contributed by atoms with Gasteiger partial charge in [-0.15, -0.1) is 0 Å². The molecule has 0 aliphatic carbocycles. The largest absolute Gasteiger partial charge is 0.469 e. The van der Waals surface area contributed by atoms with Crippen molar-refractivity contribution in [2.24, 2.45) is 0 Å². The molecule has 0 radical (unpaired) electrons. The lowest BCUT2D eigenvalue weighted by atomic mass is 10.2. The predicted octanol–water partition coefficient (Wildman–Crippen LogP) is 0.531. The Labute approximate surface area is 93.5 Å². The highest BCUT2D eigenvalue weighted by Crippen LogP contribution is 2.05. The van der Waals surface area contributed by atoms with Crippen LogP contribution < -0.4 is 5.48 Å². The number of allylic oxidation sites excluding steroid dienone is 1. The summed E-state index contributed by atoms with van der Waals surface area (Å²) in [6.45, 7) is 1.55.